The Kier molecular flexibility index (Phi) is 7.36. The molecule has 3 rings (SSSR count). The second-order valence-corrected chi connectivity index (χ2v) is 7.85. The molecule has 1 N–H and O–H groups in total. The molecule has 2 heterocycles. The van der Waals surface area contributed by atoms with Crippen molar-refractivity contribution in [1.29, 1.82) is 0 Å². The van der Waals surface area contributed by atoms with Gasteiger partial charge in [-0.25, -0.2) is 0 Å². The first-order chi connectivity index (χ1) is 14.1. The van der Waals surface area contributed by atoms with Crippen LogP contribution in [0.1, 0.15) is 31.3 Å². The molecule has 10 heteroatoms. The lowest BCUT2D eigenvalue weighted by Gasteiger charge is -2.16. The fourth-order valence-corrected chi connectivity index (χ4v) is 3.80. The minimum absolute atomic E-state index is 0.179. The number of aryl methyl sites for hydroxylation is 1. The Bertz CT molecular complexity index is 940. The molecular formula is C19H22N6O2S2. The standard InChI is InChI=1S/C19H22N6O2S2/c1-4-10-25-17(13(3)27-15-8-6-14(5-2)7-9-15)22-24-19(25)28-11-16(26)21-18-23-20-12-29-18/h4,6-9,12-13H,1,5,10-11H2,2-3H3,(H,21,23,26). The first-order valence-corrected chi connectivity index (χ1v) is 11.0. The van der Waals surface area contributed by atoms with E-state index in [9.17, 15) is 4.79 Å². The van der Waals surface area contributed by atoms with E-state index in [4.69, 9.17) is 4.74 Å². The van der Waals surface area contributed by atoms with Crippen LogP contribution in [0.25, 0.3) is 0 Å². The molecule has 3 aromatic rings. The minimum Gasteiger partial charge on any atom is -0.483 e. The van der Waals surface area contributed by atoms with Gasteiger partial charge in [0.2, 0.25) is 11.0 Å². The molecule has 0 saturated carbocycles. The molecule has 152 valence electrons. The lowest BCUT2D eigenvalue weighted by Crippen LogP contribution is -2.15. The maximum Gasteiger partial charge on any atom is 0.236 e. The quantitative estimate of drug-likeness (QED) is 0.387. The van der Waals surface area contributed by atoms with Crippen LogP contribution in [0, 0.1) is 0 Å². The number of benzene rings is 1. The molecular weight excluding hydrogens is 408 g/mol. The Morgan fingerprint density at radius 1 is 1.34 bits per heavy atom. The van der Waals surface area contributed by atoms with Gasteiger partial charge < -0.3 is 4.74 Å². The summed E-state index contributed by atoms with van der Waals surface area (Å²) in [5, 5.41) is 19.8. The number of carbonyl (C=O) groups excluding carboxylic acids is 1. The van der Waals surface area contributed by atoms with Gasteiger partial charge in [-0.15, -0.1) is 27.0 Å². The van der Waals surface area contributed by atoms with Crippen LogP contribution >= 0.6 is 23.1 Å². The molecule has 1 amide bonds. The van der Waals surface area contributed by atoms with Crippen molar-refractivity contribution < 1.29 is 9.53 Å². The highest BCUT2D eigenvalue weighted by Gasteiger charge is 2.20. The Morgan fingerprint density at radius 3 is 2.79 bits per heavy atom. The van der Waals surface area contributed by atoms with E-state index in [1.807, 2.05) is 35.8 Å². The lowest BCUT2D eigenvalue weighted by atomic mass is 10.2. The predicted octanol–water partition coefficient (Wildman–Crippen LogP) is 3.75. The zero-order valence-corrected chi connectivity index (χ0v) is 17.9. The van der Waals surface area contributed by atoms with Crippen molar-refractivity contribution in [2.24, 2.45) is 0 Å². The molecule has 0 fully saturated rings. The SMILES string of the molecule is C=CCn1c(SCC(=O)Nc2nncs2)nnc1C(C)Oc1ccc(CC)cc1. The topological polar surface area (TPSA) is 94.8 Å². The molecule has 0 aliphatic carbocycles. The fourth-order valence-electron chi connectivity index (χ4n) is 2.58. The number of thioether (sulfide) groups is 1. The van der Waals surface area contributed by atoms with E-state index in [2.05, 4.69) is 39.2 Å². The number of rotatable bonds is 10. The number of nitrogens with zero attached hydrogens (tertiary/aromatic N) is 5. The predicted molar refractivity (Wildman–Crippen MR) is 114 cm³/mol. The van der Waals surface area contributed by atoms with Gasteiger partial charge in [0.1, 0.15) is 11.3 Å². The summed E-state index contributed by atoms with van der Waals surface area (Å²) in [6.45, 7) is 8.36. The molecule has 1 unspecified atom stereocenters. The number of nitrogens with one attached hydrogen (secondary N) is 1. The number of hydrogen-bond donors (Lipinski definition) is 1. The van der Waals surface area contributed by atoms with E-state index in [1.54, 1.807) is 11.6 Å². The first-order valence-electron chi connectivity index (χ1n) is 9.09. The third kappa shape index (κ3) is 5.64. The Hall–Kier alpha value is -2.72. The maximum absolute atomic E-state index is 12.1. The van der Waals surface area contributed by atoms with E-state index in [-0.39, 0.29) is 17.8 Å². The van der Waals surface area contributed by atoms with E-state index in [0.717, 1.165) is 12.2 Å². The first kappa shape index (κ1) is 21.0. The van der Waals surface area contributed by atoms with Gasteiger partial charge in [-0.2, -0.15) is 0 Å². The molecule has 0 spiro atoms. The third-order valence-electron chi connectivity index (χ3n) is 4.00. The number of carbonyl (C=O) groups is 1. The van der Waals surface area contributed by atoms with Gasteiger partial charge in [0.05, 0.1) is 5.75 Å². The summed E-state index contributed by atoms with van der Waals surface area (Å²) >= 11 is 2.57. The van der Waals surface area contributed by atoms with Crippen molar-refractivity contribution in [3.8, 4) is 5.75 Å². The van der Waals surface area contributed by atoms with Crippen LogP contribution in [-0.2, 0) is 17.8 Å². The van der Waals surface area contributed by atoms with E-state index >= 15 is 0 Å². The van der Waals surface area contributed by atoms with Gasteiger partial charge in [-0.1, -0.05) is 48.2 Å². The van der Waals surface area contributed by atoms with Crippen LogP contribution in [0.5, 0.6) is 5.75 Å². The lowest BCUT2D eigenvalue weighted by molar-refractivity contribution is -0.113. The number of aromatic nitrogens is 5. The normalized spacial score (nSPS) is 11.8. The Balaban J connectivity index is 1.66. The number of amides is 1. The molecule has 0 saturated heterocycles. The zero-order chi connectivity index (χ0) is 20.6. The highest BCUT2D eigenvalue weighted by atomic mass is 32.2. The number of allylic oxidation sites excluding steroid dienone is 1. The maximum atomic E-state index is 12.1. The van der Waals surface area contributed by atoms with Gasteiger partial charge >= 0.3 is 0 Å². The van der Waals surface area contributed by atoms with Gasteiger partial charge in [0.25, 0.3) is 0 Å². The van der Waals surface area contributed by atoms with E-state index < -0.39 is 0 Å². The number of ether oxygens (including phenoxy) is 1. The average molecular weight is 431 g/mol. The van der Waals surface area contributed by atoms with Crippen LogP contribution in [0.4, 0.5) is 5.13 Å². The van der Waals surface area contributed by atoms with E-state index in [0.29, 0.717) is 22.7 Å². The van der Waals surface area contributed by atoms with Crippen molar-refractivity contribution in [3.63, 3.8) is 0 Å². The summed E-state index contributed by atoms with van der Waals surface area (Å²) in [5.41, 5.74) is 2.82. The van der Waals surface area contributed by atoms with Crippen LogP contribution in [0.3, 0.4) is 0 Å². The third-order valence-corrected chi connectivity index (χ3v) is 5.58. The van der Waals surface area contributed by atoms with Crippen molar-refractivity contribution in [1.82, 2.24) is 25.0 Å². The minimum atomic E-state index is -0.306. The second-order valence-electron chi connectivity index (χ2n) is 6.08. The molecule has 8 nitrogen and oxygen atoms in total. The van der Waals surface area contributed by atoms with Gasteiger partial charge in [0, 0.05) is 6.54 Å². The van der Waals surface area contributed by atoms with Crippen molar-refractivity contribution in [2.45, 2.75) is 38.1 Å². The second kappa shape index (κ2) is 10.2. The molecule has 0 bridgehead atoms. The summed E-state index contributed by atoms with van der Waals surface area (Å²) in [4.78, 5) is 12.1. The summed E-state index contributed by atoms with van der Waals surface area (Å²) in [5.74, 6) is 1.45. The fraction of sp³-hybridized carbons (Fsp3) is 0.316. The Morgan fingerprint density at radius 2 is 2.14 bits per heavy atom. The monoisotopic (exact) mass is 430 g/mol. The van der Waals surface area contributed by atoms with Crippen LogP contribution in [-0.4, -0.2) is 36.6 Å². The van der Waals surface area contributed by atoms with E-state index in [1.165, 1.54) is 28.7 Å². The van der Waals surface area contributed by atoms with Crippen LogP contribution < -0.4 is 10.1 Å². The number of anilines is 1. The summed E-state index contributed by atoms with van der Waals surface area (Å²) < 4.78 is 7.94. The van der Waals surface area contributed by atoms with Crippen LogP contribution in [0.2, 0.25) is 0 Å². The van der Waals surface area contributed by atoms with Gasteiger partial charge in [-0.3, -0.25) is 14.7 Å². The smallest absolute Gasteiger partial charge is 0.236 e. The van der Waals surface area contributed by atoms with Gasteiger partial charge in [0.15, 0.2) is 17.1 Å². The molecule has 2 aromatic heterocycles. The molecule has 1 atom stereocenters. The van der Waals surface area contributed by atoms with Crippen molar-refractivity contribution in [2.75, 3.05) is 11.1 Å². The largest absolute Gasteiger partial charge is 0.483 e. The van der Waals surface area contributed by atoms with Crippen molar-refractivity contribution >= 4 is 34.1 Å². The Labute approximate surface area is 177 Å². The molecule has 1 aromatic carbocycles. The number of hydrogen-bond acceptors (Lipinski definition) is 8. The summed E-state index contributed by atoms with van der Waals surface area (Å²) in [7, 11) is 0. The summed E-state index contributed by atoms with van der Waals surface area (Å²) in [6, 6.07) is 8.01. The molecule has 0 aliphatic rings. The van der Waals surface area contributed by atoms with Crippen LogP contribution in [0.15, 0.2) is 47.6 Å². The van der Waals surface area contributed by atoms with Gasteiger partial charge in [-0.05, 0) is 31.0 Å². The summed E-state index contributed by atoms with van der Waals surface area (Å²) in [6.07, 6.45) is 2.44. The molecule has 0 aliphatic heterocycles. The molecule has 29 heavy (non-hydrogen) atoms. The van der Waals surface area contributed by atoms with Crippen molar-refractivity contribution in [3.05, 3.63) is 53.8 Å². The average Bonchev–Trinajstić information content (AvgIpc) is 3.37. The zero-order valence-electron chi connectivity index (χ0n) is 16.2. The highest BCUT2D eigenvalue weighted by molar-refractivity contribution is 7.99. The molecule has 0 radical (unpaired) electrons. The highest BCUT2D eigenvalue weighted by Crippen LogP contribution is 2.25.